The zero-order chi connectivity index (χ0) is 23.5. The summed E-state index contributed by atoms with van der Waals surface area (Å²) in [4.78, 5) is 12.7. The second kappa shape index (κ2) is 6.64. The SMILES string of the molecule is C[C@H]1C(=O)CC[C@@H]2[C@]1(C)CC[C@H]1[C@@]2(C)CC[C@@]2(C)[C@@H]3CC(C)(C)C(O)C[C@]3(C)CC[C@]12C. The largest absolute Gasteiger partial charge is 0.393 e. The number of ketones is 1. The van der Waals surface area contributed by atoms with Crippen molar-refractivity contribution in [3.05, 3.63) is 0 Å². The topological polar surface area (TPSA) is 37.3 Å². The van der Waals surface area contributed by atoms with Gasteiger partial charge in [0.1, 0.15) is 5.78 Å². The van der Waals surface area contributed by atoms with Crippen molar-refractivity contribution in [2.75, 3.05) is 0 Å². The van der Waals surface area contributed by atoms with E-state index in [1.807, 2.05) is 0 Å². The first-order valence-corrected chi connectivity index (χ1v) is 13.8. The second-order valence-corrected chi connectivity index (χ2v) is 15.3. The lowest BCUT2D eigenvalue weighted by atomic mass is 9.30. The van der Waals surface area contributed by atoms with Crippen molar-refractivity contribution in [2.24, 2.45) is 56.2 Å². The Hall–Kier alpha value is -0.370. The van der Waals surface area contributed by atoms with E-state index in [4.69, 9.17) is 0 Å². The van der Waals surface area contributed by atoms with E-state index in [2.05, 4.69) is 55.4 Å². The van der Waals surface area contributed by atoms with Gasteiger partial charge in [0.05, 0.1) is 6.10 Å². The average Bonchev–Trinajstić information content (AvgIpc) is 2.70. The van der Waals surface area contributed by atoms with Crippen LogP contribution in [-0.2, 0) is 4.79 Å². The van der Waals surface area contributed by atoms with E-state index in [1.165, 1.54) is 44.9 Å². The Morgan fingerprint density at radius 1 is 0.719 bits per heavy atom. The second-order valence-electron chi connectivity index (χ2n) is 15.3. The number of hydrogen-bond donors (Lipinski definition) is 1. The molecule has 0 bridgehead atoms. The fourth-order valence-corrected chi connectivity index (χ4v) is 11.2. The third kappa shape index (κ3) is 2.66. The molecule has 5 rings (SSSR count). The number of carbonyl (C=O) groups excluding carboxylic acids is 1. The molecule has 0 aromatic heterocycles. The minimum atomic E-state index is -0.165. The third-order valence-electron chi connectivity index (χ3n) is 13.9. The van der Waals surface area contributed by atoms with Crippen LogP contribution >= 0.6 is 0 Å². The van der Waals surface area contributed by atoms with Gasteiger partial charge in [0.2, 0.25) is 0 Å². The molecule has 5 aliphatic rings. The lowest BCUT2D eigenvalue weighted by Gasteiger charge is -2.75. The van der Waals surface area contributed by atoms with Crippen LogP contribution in [0.1, 0.15) is 120 Å². The molecule has 0 saturated heterocycles. The lowest BCUT2D eigenvalue weighted by molar-refractivity contribution is -0.264. The Kier molecular flexibility index (Phi) is 4.85. The maximum absolute atomic E-state index is 12.7. The van der Waals surface area contributed by atoms with Crippen molar-refractivity contribution in [3.63, 3.8) is 0 Å². The Morgan fingerprint density at radius 2 is 1.34 bits per heavy atom. The molecule has 0 aromatic carbocycles. The highest BCUT2D eigenvalue weighted by molar-refractivity contribution is 5.82. The quantitative estimate of drug-likeness (QED) is 0.423. The summed E-state index contributed by atoms with van der Waals surface area (Å²) < 4.78 is 0. The molecule has 0 amide bonds. The van der Waals surface area contributed by atoms with Gasteiger partial charge in [-0.25, -0.2) is 0 Å². The maximum Gasteiger partial charge on any atom is 0.136 e. The number of aliphatic hydroxyl groups is 1. The van der Waals surface area contributed by atoms with Gasteiger partial charge in [0.15, 0.2) is 0 Å². The van der Waals surface area contributed by atoms with Gasteiger partial charge >= 0.3 is 0 Å². The van der Waals surface area contributed by atoms with E-state index in [0.29, 0.717) is 33.9 Å². The summed E-state index contributed by atoms with van der Waals surface area (Å²) in [6.07, 6.45) is 11.7. The lowest BCUT2D eigenvalue weighted by Crippen LogP contribution is -2.68. The summed E-state index contributed by atoms with van der Waals surface area (Å²) in [5, 5.41) is 11.0. The molecule has 5 fully saturated rings. The van der Waals surface area contributed by atoms with E-state index < -0.39 is 0 Å². The third-order valence-corrected chi connectivity index (χ3v) is 13.9. The number of aliphatic hydroxyl groups excluding tert-OH is 1. The van der Waals surface area contributed by atoms with Gasteiger partial charge in [0.25, 0.3) is 0 Å². The summed E-state index contributed by atoms with van der Waals surface area (Å²) in [6, 6.07) is 0. The molecule has 5 saturated carbocycles. The Labute approximate surface area is 197 Å². The zero-order valence-electron chi connectivity index (χ0n) is 22.3. The molecule has 182 valence electrons. The Balaban J connectivity index is 1.54. The highest BCUT2D eigenvalue weighted by atomic mass is 16.3. The van der Waals surface area contributed by atoms with E-state index in [1.54, 1.807) is 0 Å². The fraction of sp³-hybridized carbons (Fsp3) is 0.967. The molecule has 10 atom stereocenters. The van der Waals surface area contributed by atoms with Crippen LogP contribution in [0.3, 0.4) is 0 Å². The standard InChI is InChI=1S/C30H50O2/c1-19-20(31)9-10-21-27(19,5)12-11-22-28(21,6)14-16-30(8)23-17-25(2,3)24(32)18-26(23,4)13-15-29(22,30)7/h19,21-24,32H,9-18H2,1-8H3/t19-,21+,22-,23+,24?,26-,27+,28-,29+,30-/m0/s1. The van der Waals surface area contributed by atoms with Crippen LogP contribution in [0.2, 0.25) is 0 Å². The van der Waals surface area contributed by atoms with Gasteiger partial charge in [-0.1, -0.05) is 55.4 Å². The first-order valence-electron chi connectivity index (χ1n) is 13.8. The summed E-state index contributed by atoms with van der Waals surface area (Å²) in [5.41, 5.74) is 1.60. The van der Waals surface area contributed by atoms with Crippen LogP contribution in [0.25, 0.3) is 0 Å². The minimum Gasteiger partial charge on any atom is -0.393 e. The van der Waals surface area contributed by atoms with Crippen LogP contribution in [-0.4, -0.2) is 17.0 Å². The predicted octanol–water partition coefficient (Wildman–Crippen LogP) is 7.43. The van der Waals surface area contributed by atoms with Gasteiger partial charge in [-0.05, 0) is 108 Å². The monoisotopic (exact) mass is 442 g/mol. The van der Waals surface area contributed by atoms with Gasteiger partial charge in [-0.3, -0.25) is 4.79 Å². The molecular weight excluding hydrogens is 392 g/mol. The molecule has 0 radical (unpaired) electrons. The number of carbonyl (C=O) groups is 1. The van der Waals surface area contributed by atoms with Gasteiger partial charge in [-0.2, -0.15) is 0 Å². The van der Waals surface area contributed by atoms with Gasteiger partial charge in [-0.15, -0.1) is 0 Å². The van der Waals surface area contributed by atoms with E-state index >= 15 is 0 Å². The number of rotatable bonds is 0. The van der Waals surface area contributed by atoms with Crippen LogP contribution in [0, 0.1) is 56.2 Å². The molecule has 0 aliphatic heterocycles. The molecule has 1 N–H and O–H groups in total. The minimum absolute atomic E-state index is 0.0243. The summed E-state index contributed by atoms with van der Waals surface area (Å²) in [5.74, 6) is 2.92. The van der Waals surface area contributed by atoms with Crippen LogP contribution in [0.15, 0.2) is 0 Å². The van der Waals surface area contributed by atoms with Crippen LogP contribution in [0.4, 0.5) is 0 Å². The van der Waals surface area contributed by atoms with Gasteiger partial charge in [0, 0.05) is 12.3 Å². The molecule has 5 aliphatic carbocycles. The number of fused-ring (bicyclic) bond motifs is 7. The van der Waals surface area contributed by atoms with Crippen LogP contribution in [0.5, 0.6) is 0 Å². The van der Waals surface area contributed by atoms with E-state index in [0.717, 1.165) is 25.2 Å². The molecule has 2 heteroatoms. The molecule has 0 aromatic rings. The Bertz CT molecular complexity index is 816. The van der Waals surface area contributed by atoms with E-state index in [-0.39, 0.29) is 28.3 Å². The van der Waals surface area contributed by atoms with Crippen molar-refractivity contribution >= 4 is 5.78 Å². The average molecular weight is 443 g/mol. The predicted molar refractivity (Wildman–Crippen MR) is 131 cm³/mol. The normalized spacial score (nSPS) is 59.4. The molecule has 0 spiro atoms. The molecule has 1 unspecified atom stereocenters. The molecule has 32 heavy (non-hydrogen) atoms. The van der Waals surface area contributed by atoms with Crippen molar-refractivity contribution in [3.8, 4) is 0 Å². The summed E-state index contributed by atoms with van der Waals surface area (Å²) in [7, 11) is 0. The molecule has 0 heterocycles. The smallest absolute Gasteiger partial charge is 0.136 e. The molecule has 2 nitrogen and oxygen atoms in total. The summed E-state index contributed by atoms with van der Waals surface area (Å²) in [6.45, 7) is 19.9. The number of hydrogen-bond acceptors (Lipinski definition) is 2. The van der Waals surface area contributed by atoms with Crippen molar-refractivity contribution < 1.29 is 9.90 Å². The summed E-state index contributed by atoms with van der Waals surface area (Å²) >= 11 is 0. The first kappa shape index (κ1) is 23.4. The van der Waals surface area contributed by atoms with E-state index in [9.17, 15) is 9.90 Å². The van der Waals surface area contributed by atoms with Crippen molar-refractivity contribution in [1.82, 2.24) is 0 Å². The zero-order valence-corrected chi connectivity index (χ0v) is 22.3. The highest BCUT2D eigenvalue weighted by Crippen LogP contribution is 2.78. The van der Waals surface area contributed by atoms with Crippen molar-refractivity contribution in [1.29, 1.82) is 0 Å². The first-order chi connectivity index (χ1) is 14.6. The maximum atomic E-state index is 12.7. The van der Waals surface area contributed by atoms with Gasteiger partial charge < -0.3 is 5.11 Å². The van der Waals surface area contributed by atoms with Crippen LogP contribution < -0.4 is 0 Å². The van der Waals surface area contributed by atoms with Crippen molar-refractivity contribution in [2.45, 2.75) is 126 Å². The fourth-order valence-electron chi connectivity index (χ4n) is 11.2. The Morgan fingerprint density at radius 3 is 2.03 bits per heavy atom. The molecular formula is C30H50O2. The highest BCUT2D eigenvalue weighted by Gasteiger charge is 2.71. The number of Topliss-reactive ketones (excluding diaryl/α,β-unsaturated/α-hetero) is 1.